The van der Waals surface area contributed by atoms with Crippen LogP contribution in [-0.2, 0) is 11.3 Å². The molecule has 0 unspecified atom stereocenters. The van der Waals surface area contributed by atoms with Crippen LogP contribution in [0.3, 0.4) is 0 Å². The minimum absolute atomic E-state index is 0.0206. The van der Waals surface area contributed by atoms with E-state index in [4.69, 9.17) is 0 Å². The van der Waals surface area contributed by atoms with Crippen molar-refractivity contribution in [1.29, 1.82) is 0 Å². The molecule has 1 fully saturated rings. The first kappa shape index (κ1) is 24.7. The van der Waals surface area contributed by atoms with E-state index in [1.165, 1.54) is 0 Å². The fourth-order valence-electron chi connectivity index (χ4n) is 4.58. The average Bonchev–Trinajstić information content (AvgIpc) is 2.76. The van der Waals surface area contributed by atoms with Crippen molar-refractivity contribution in [3.05, 3.63) is 44.6 Å². The van der Waals surface area contributed by atoms with E-state index in [9.17, 15) is 19.2 Å². The minimum Gasteiger partial charge on any atom is -0.355 e. The summed E-state index contributed by atoms with van der Waals surface area (Å²) in [5.74, 6) is -0.225. The molecule has 2 aromatic rings. The fourth-order valence-corrected chi connectivity index (χ4v) is 4.58. The van der Waals surface area contributed by atoms with Gasteiger partial charge in [0.1, 0.15) is 0 Å². The highest BCUT2D eigenvalue weighted by Crippen LogP contribution is 2.21. The standard InChI is InChI=1S/C24H35N5O4/c1-6-29-22(32)18-8-7-17(13-19(18)26-23(29)33)21(31)28-11-9-16(10-12-28)20(30)25-14-24(2,3)15-27(4)5/h7-8,13,16H,6,9-12,14-15H2,1-5H3,(H,25,30)(H,26,33). The number of piperidine rings is 1. The second kappa shape index (κ2) is 9.91. The van der Waals surface area contributed by atoms with Crippen LogP contribution in [0.25, 0.3) is 10.9 Å². The SMILES string of the molecule is CCn1c(=O)[nH]c2cc(C(=O)N3CCC(C(=O)NCC(C)(C)CN(C)C)CC3)ccc2c1=O. The normalized spacial score (nSPS) is 15.3. The third kappa shape index (κ3) is 5.71. The van der Waals surface area contributed by atoms with E-state index in [0.717, 1.165) is 11.1 Å². The number of carbonyl (C=O) groups is 2. The molecule has 1 aromatic heterocycles. The van der Waals surface area contributed by atoms with Crippen molar-refractivity contribution in [1.82, 2.24) is 24.7 Å². The third-order valence-corrected chi connectivity index (χ3v) is 6.18. The van der Waals surface area contributed by atoms with Gasteiger partial charge in [0.2, 0.25) is 5.91 Å². The lowest BCUT2D eigenvalue weighted by Gasteiger charge is -2.33. The van der Waals surface area contributed by atoms with Crippen molar-refractivity contribution < 1.29 is 9.59 Å². The molecule has 2 N–H and O–H groups in total. The molecule has 0 saturated carbocycles. The van der Waals surface area contributed by atoms with Crippen LogP contribution in [0, 0.1) is 11.3 Å². The Morgan fingerprint density at radius 3 is 2.45 bits per heavy atom. The highest BCUT2D eigenvalue weighted by Gasteiger charge is 2.29. The fraction of sp³-hybridized carbons (Fsp3) is 0.583. The number of nitrogens with zero attached hydrogens (tertiary/aromatic N) is 3. The van der Waals surface area contributed by atoms with Gasteiger partial charge in [0.05, 0.1) is 10.9 Å². The lowest BCUT2D eigenvalue weighted by molar-refractivity contribution is -0.126. The predicted molar refractivity (Wildman–Crippen MR) is 128 cm³/mol. The summed E-state index contributed by atoms with van der Waals surface area (Å²) in [5, 5.41) is 3.45. The molecule has 1 aliphatic heterocycles. The van der Waals surface area contributed by atoms with Crippen LogP contribution in [0.2, 0.25) is 0 Å². The molecule has 2 heterocycles. The van der Waals surface area contributed by atoms with E-state index in [1.807, 2.05) is 14.1 Å². The number of rotatable bonds is 7. The summed E-state index contributed by atoms with van der Waals surface area (Å²) in [6.45, 7) is 8.73. The second-order valence-corrected chi connectivity index (χ2v) is 9.93. The smallest absolute Gasteiger partial charge is 0.328 e. The topological polar surface area (TPSA) is 108 Å². The Hall–Kier alpha value is -2.94. The summed E-state index contributed by atoms with van der Waals surface area (Å²) in [7, 11) is 4.04. The molecule has 0 spiro atoms. The van der Waals surface area contributed by atoms with E-state index >= 15 is 0 Å². The number of hydrogen-bond donors (Lipinski definition) is 2. The highest BCUT2D eigenvalue weighted by molar-refractivity contribution is 5.97. The number of fused-ring (bicyclic) bond motifs is 1. The van der Waals surface area contributed by atoms with Crippen molar-refractivity contribution in [2.24, 2.45) is 11.3 Å². The first-order valence-electron chi connectivity index (χ1n) is 11.5. The number of carbonyl (C=O) groups excluding carboxylic acids is 2. The van der Waals surface area contributed by atoms with Crippen LogP contribution < -0.4 is 16.6 Å². The van der Waals surface area contributed by atoms with Crippen molar-refractivity contribution in [2.45, 2.75) is 40.2 Å². The quantitative estimate of drug-likeness (QED) is 0.651. The number of H-pyrrole nitrogens is 1. The number of amides is 2. The zero-order valence-corrected chi connectivity index (χ0v) is 20.2. The molecular weight excluding hydrogens is 422 g/mol. The molecule has 0 radical (unpaired) electrons. The number of likely N-dealkylation sites (tertiary alicyclic amines) is 1. The maximum Gasteiger partial charge on any atom is 0.328 e. The Morgan fingerprint density at radius 1 is 1.18 bits per heavy atom. The van der Waals surface area contributed by atoms with Gasteiger partial charge in [-0.05, 0) is 57.5 Å². The van der Waals surface area contributed by atoms with Crippen molar-refractivity contribution in [3.8, 4) is 0 Å². The van der Waals surface area contributed by atoms with Crippen LogP contribution in [0.1, 0.15) is 44.0 Å². The van der Waals surface area contributed by atoms with Gasteiger partial charge < -0.3 is 20.1 Å². The van der Waals surface area contributed by atoms with Gasteiger partial charge in [0.25, 0.3) is 11.5 Å². The van der Waals surface area contributed by atoms with Gasteiger partial charge in [-0.2, -0.15) is 0 Å². The molecule has 0 aliphatic carbocycles. The van der Waals surface area contributed by atoms with Crippen molar-refractivity contribution in [3.63, 3.8) is 0 Å². The molecule has 9 nitrogen and oxygen atoms in total. The Labute approximate surface area is 193 Å². The Bertz CT molecular complexity index is 1140. The number of hydrogen-bond acceptors (Lipinski definition) is 5. The summed E-state index contributed by atoms with van der Waals surface area (Å²) in [4.78, 5) is 56.7. The number of aromatic amines is 1. The maximum absolute atomic E-state index is 13.0. The van der Waals surface area contributed by atoms with Gasteiger partial charge >= 0.3 is 5.69 Å². The Morgan fingerprint density at radius 2 is 1.85 bits per heavy atom. The van der Waals surface area contributed by atoms with Crippen LogP contribution in [-0.4, -0.2) is 71.4 Å². The van der Waals surface area contributed by atoms with Crippen LogP contribution >= 0.6 is 0 Å². The summed E-state index contributed by atoms with van der Waals surface area (Å²) in [6, 6.07) is 4.77. The summed E-state index contributed by atoms with van der Waals surface area (Å²) >= 11 is 0. The maximum atomic E-state index is 13.0. The zero-order valence-electron chi connectivity index (χ0n) is 20.2. The molecular formula is C24H35N5O4. The largest absolute Gasteiger partial charge is 0.355 e. The summed E-state index contributed by atoms with van der Waals surface area (Å²) < 4.78 is 1.13. The zero-order chi connectivity index (χ0) is 24.3. The van der Waals surface area contributed by atoms with Gasteiger partial charge in [0.15, 0.2) is 0 Å². The third-order valence-electron chi connectivity index (χ3n) is 6.18. The number of aromatic nitrogens is 2. The second-order valence-electron chi connectivity index (χ2n) is 9.93. The van der Waals surface area contributed by atoms with Gasteiger partial charge in [-0.1, -0.05) is 13.8 Å². The molecule has 1 aromatic carbocycles. The number of nitrogens with one attached hydrogen (secondary N) is 2. The predicted octanol–water partition coefficient (Wildman–Crippen LogP) is 1.27. The summed E-state index contributed by atoms with van der Waals surface area (Å²) in [5.41, 5.74) is -0.0981. The Balaban J connectivity index is 1.62. The minimum atomic E-state index is -0.486. The first-order chi connectivity index (χ1) is 15.5. The molecule has 0 atom stereocenters. The molecule has 33 heavy (non-hydrogen) atoms. The van der Waals surface area contributed by atoms with E-state index in [0.29, 0.717) is 48.9 Å². The molecule has 1 aliphatic rings. The molecule has 3 rings (SSSR count). The van der Waals surface area contributed by atoms with Gasteiger partial charge in [-0.3, -0.25) is 19.0 Å². The average molecular weight is 458 g/mol. The molecule has 9 heteroatoms. The Kier molecular flexibility index (Phi) is 7.41. The molecule has 1 saturated heterocycles. The van der Waals surface area contributed by atoms with Crippen molar-refractivity contribution >= 4 is 22.7 Å². The highest BCUT2D eigenvalue weighted by atomic mass is 16.2. The van der Waals surface area contributed by atoms with Crippen LogP contribution in [0.4, 0.5) is 0 Å². The summed E-state index contributed by atoms with van der Waals surface area (Å²) in [6.07, 6.45) is 1.22. The van der Waals surface area contributed by atoms with Crippen LogP contribution in [0.5, 0.6) is 0 Å². The van der Waals surface area contributed by atoms with E-state index in [2.05, 4.69) is 29.0 Å². The lowest BCUT2D eigenvalue weighted by Crippen LogP contribution is -2.46. The van der Waals surface area contributed by atoms with E-state index in [-0.39, 0.29) is 35.3 Å². The van der Waals surface area contributed by atoms with E-state index in [1.54, 1.807) is 30.0 Å². The molecule has 180 valence electrons. The van der Waals surface area contributed by atoms with Crippen LogP contribution in [0.15, 0.2) is 27.8 Å². The number of benzene rings is 1. The van der Waals surface area contributed by atoms with Crippen molar-refractivity contribution in [2.75, 3.05) is 40.3 Å². The van der Waals surface area contributed by atoms with Gasteiger partial charge in [-0.15, -0.1) is 0 Å². The van der Waals surface area contributed by atoms with Gasteiger partial charge in [0, 0.05) is 44.2 Å². The van der Waals surface area contributed by atoms with Gasteiger partial charge in [-0.25, -0.2) is 4.79 Å². The lowest BCUT2D eigenvalue weighted by atomic mass is 9.91. The first-order valence-corrected chi connectivity index (χ1v) is 11.5. The van der Waals surface area contributed by atoms with E-state index < -0.39 is 5.69 Å². The molecule has 0 bridgehead atoms. The monoisotopic (exact) mass is 457 g/mol. The molecule has 2 amide bonds.